The van der Waals surface area contributed by atoms with Gasteiger partial charge in [0.25, 0.3) is 0 Å². The molecule has 2 aliphatic heterocycles. The number of ether oxygens (including phenoxy) is 2. The van der Waals surface area contributed by atoms with Crippen molar-refractivity contribution in [3.63, 3.8) is 0 Å². The van der Waals surface area contributed by atoms with Crippen molar-refractivity contribution in [2.75, 3.05) is 23.4 Å². The van der Waals surface area contributed by atoms with Crippen molar-refractivity contribution in [3.8, 4) is 6.07 Å². The highest BCUT2D eigenvalue weighted by Gasteiger charge is 2.62. The highest BCUT2D eigenvalue weighted by Crippen LogP contribution is 2.54. The lowest BCUT2D eigenvalue weighted by Gasteiger charge is -2.34. The largest absolute Gasteiger partial charge is 0.462 e. The number of halogens is 1. The summed E-state index contributed by atoms with van der Waals surface area (Å²) in [6.07, 6.45) is 0. The summed E-state index contributed by atoms with van der Waals surface area (Å²) in [5.41, 5.74) is 4.86. The van der Waals surface area contributed by atoms with Crippen LogP contribution in [0, 0.1) is 11.3 Å². The second-order valence-corrected chi connectivity index (χ2v) is 8.26. The molecular weight excluding hydrogens is 472 g/mol. The number of carbonyl (C=O) groups is 3. The minimum absolute atomic E-state index is 0.0355. The molecule has 0 unspecified atom stereocenters. The Balaban J connectivity index is 1.84. The van der Waals surface area contributed by atoms with Gasteiger partial charge in [-0.25, -0.2) is 4.79 Å². The lowest BCUT2D eigenvalue weighted by atomic mass is 9.68. The molecule has 1 atom stereocenters. The molecule has 1 spiro atoms. The van der Waals surface area contributed by atoms with Gasteiger partial charge in [0.05, 0.1) is 6.61 Å². The first-order chi connectivity index (χ1) is 16.7. The molecule has 2 aliphatic rings. The van der Waals surface area contributed by atoms with Crippen molar-refractivity contribution in [1.82, 2.24) is 0 Å². The number of nitrogens with one attached hydrogen (secondary N) is 1. The monoisotopic (exact) mass is 492 g/mol. The number of hydrogen-bond acceptors (Lipinski definition) is 7. The molecule has 2 aromatic rings. The molecule has 0 aliphatic carbocycles. The van der Waals surface area contributed by atoms with Crippen LogP contribution >= 0.6 is 11.6 Å². The molecule has 0 aromatic heterocycles. The van der Waals surface area contributed by atoms with E-state index in [0.29, 0.717) is 22.0 Å². The predicted molar refractivity (Wildman–Crippen MR) is 128 cm³/mol. The van der Waals surface area contributed by atoms with Gasteiger partial charge < -0.3 is 25.4 Å². The number of benzene rings is 2. The highest BCUT2D eigenvalue weighted by molar-refractivity contribution is 6.31. The van der Waals surface area contributed by atoms with Gasteiger partial charge in [-0.2, -0.15) is 5.26 Å². The number of nitrogens with zero attached hydrogens (tertiary/aromatic N) is 2. The summed E-state index contributed by atoms with van der Waals surface area (Å²) in [6.45, 7) is 2.74. The SMILES string of the molecule is CCOC(=O)C1=C(C)OC(N)=C(C#N)[C@]12C(=O)N(CC(=O)Nc1cccc(Cl)c1)c1ccccc12. The van der Waals surface area contributed by atoms with E-state index in [4.69, 9.17) is 26.8 Å². The number of nitriles is 1. The molecule has 9 nitrogen and oxygen atoms in total. The third kappa shape index (κ3) is 3.78. The van der Waals surface area contributed by atoms with Crippen molar-refractivity contribution < 1.29 is 23.9 Å². The van der Waals surface area contributed by atoms with Crippen LogP contribution in [0.25, 0.3) is 0 Å². The molecule has 10 heteroatoms. The van der Waals surface area contributed by atoms with Gasteiger partial charge in [-0.05, 0) is 38.1 Å². The molecule has 178 valence electrons. The molecular formula is C25H21ClN4O5. The topological polar surface area (TPSA) is 135 Å². The number of nitrogens with two attached hydrogens (primary N) is 1. The van der Waals surface area contributed by atoms with Crippen LogP contribution in [-0.2, 0) is 29.3 Å². The summed E-state index contributed by atoms with van der Waals surface area (Å²) >= 11 is 5.99. The van der Waals surface area contributed by atoms with Crippen LogP contribution in [-0.4, -0.2) is 30.9 Å². The van der Waals surface area contributed by atoms with Gasteiger partial charge in [0.1, 0.15) is 29.5 Å². The van der Waals surface area contributed by atoms with E-state index in [2.05, 4.69) is 5.32 Å². The summed E-state index contributed by atoms with van der Waals surface area (Å²) in [6, 6.07) is 15.1. The van der Waals surface area contributed by atoms with E-state index < -0.39 is 29.7 Å². The maximum atomic E-state index is 14.1. The van der Waals surface area contributed by atoms with E-state index in [9.17, 15) is 19.6 Å². The Hall–Kier alpha value is -4.29. The van der Waals surface area contributed by atoms with Crippen molar-refractivity contribution in [1.29, 1.82) is 5.26 Å². The zero-order valence-electron chi connectivity index (χ0n) is 18.9. The average molecular weight is 493 g/mol. The maximum absolute atomic E-state index is 14.1. The number of allylic oxidation sites excluding steroid dienone is 1. The smallest absolute Gasteiger partial charge is 0.339 e. The number of rotatable bonds is 5. The fraction of sp³-hybridized carbons (Fsp3) is 0.200. The summed E-state index contributed by atoms with van der Waals surface area (Å²) in [5.74, 6) is -2.28. The second-order valence-electron chi connectivity index (χ2n) is 7.82. The predicted octanol–water partition coefficient (Wildman–Crippen LogP) is 3.12. The van der Waals surface area contributed by atoms with Gasteiger partial charge in [0.2, 0.25) is 17.7 Å². The van der Waals surface area contributed by atoms with Crippen LogP contribution in [0.3, 0.4) is 0 Å². The number of hydrogen-bond donors (Lipinski definition) is 2. The molecule has 2 amide bonds. The van der Waals surface area contributed by atoms with Gasteiger partial charge in [-0.15, -0.1) is 0 Å². The Labute approximate surface area is 206 Å². The van der Waals surface area contributed by atoms with Crippen molar-refractivity contribution in [2.45, 2.75) is 19.3 Å². The van der Waals surface area contributed by atoms with Crippen molar-refractivity contribution in [2.24, 2.45) is 5.73 Å². The van der Waals surface area contributed by atoms with E-state index in [1.165, 1.54) is 11.8 Å². The number of para-hydroxylation sites is 1. The van der Waals surface area contributed by atoms with Crippen LogP contribution < -0.4 is 16.0 Å². The third-order valence-electron chi connectivity index (χ3n) is 5.78. The fourth-order valence-corrected chi connectivity index (χ4v) is 4.67. The van der Waals surface area contributed by atoms with Crippen molar-refractivity contribution in [3.05, 3.63) is 81.9 Å². The molecule has 0 radical (unpaired) electrons. The van der Waals surface area contributed by atoms with E-state index in [-0.39, 0.29) is 29.4 Å². The zero-order chi connectivity index (χ0) is 25.3. The number of carbonyl (C=O) groups excluding carboxylic acids is 3. The quantitative estimate of drug-likeness (QED) is 0.612. The zero-order valence-corrected chi connectivity index (χ0v) is 19.7. The fourth-order valence-electron chi connectivity index (χ4n) is 4.48. The standard InChI is InChI=1S/C25H21ClN4O5/c1-3-34-23(32)21-14(2)35-22(28)18(12-27)25(21)17-9-4-5-10-19(17)30(24(25)33)13-20(31)29-16-8-6-7-15(26)11-16/h4-11H,3,13,28H2,1-2H3,(H,29,31)/t25-/m0/s1. The van der Waals surface area contributed by atoms with Gasteiger partial charge in [-0.1, -0.05) is 35.9 Å². The summed E-state index contributed by atoms with van der Waals surface area (Å²) in [7, 11) is 0. The molecule has 35 heavy (non-hydrogen) atoms. The Kier molecular flexibility index (Phi) is 6.24. The van der Waals surface area contributed by atoms with Gasteiger partial charge >= 0.3 is 5.97 Å². The summed E-state index contributed by atoms with van der Waals surface area (Å²) in [4.78, 5) is 41.4. The molecule has 0 saturated carbocycles. The first-order valence-electron chi connectivity index (χ1n) is 10.7. The lowest BCUT2D eigenvalue weighted by Crippen LogP contribution is -2.49. The molecule has 2 aromatic carbocycles. The minimum Gasteiger partial charge on any atom is -0.462 e. The summed E-state index contributed by atoms with van der Waals surface area (Å²) in [5, 5.41) is 13.2. The van der Waals surface area contributed by atoms with Crippen LogP contribution in [0.5, 0.6) is 0 Å². The Morgan fingerprint density at radius 1 is 1.26 bits per heavy atom. The van der Waals surface area contributed by atoms with Gasteiger partial charge in [-0.3, -0.25) is 9.59 Å². The van der Waals surface area contributed by atoms with Gasteiger partial charge in [0.15, 0.2) is 5.41 Å². The molecule has 3 N–H and O–H groups in total. The minimum atomic E-state index is -1.92. The van der Waals surface area contributed by atoms with E-state index in [0.717, 1.165) is 0 Å². The first-order valence-corrected chi connectivity index (χ1v) is 11.1. The van der Waals surface area contributed by atoms with Crippen LogP contribution in [0.15, 0.2) is 71.3 Å². The Bertz CT molecular complexity index is 1360. The van der Waals surface area contributed by atoms with E-state index in [1.807, 2.05) is 6.07 Å². The maximum Gasteiger partial charge on any atom is 0.339 e. The van der Waals surface area contributed by atoms with E-state index >= 15 is 0 Å². The van der Waals surface area contributed by atoms with Gasteiger partial charge in [0, 0.05) is 22.0 Å². The third-order valence-corrected chi connectivity index (χ3v) is 6.01. The van der Waals surface area contributed by atoms with Crippen LogP contribution in [0.4, 0.5) is 11.4 Å². The molecule has 2 heterocycles. The Morgan fingerprint density at radius 2 is 2.00 bits per heavy atom. The first kappa shape index (κ1) is 23.9. The van der Waals surface area contributed by atoms with Crippen LogP contribution in [0.1, 0.15) is 19.4 Å². The lowest BCUT2D eigenvalue weighted by molar-refractivity contribution is -0.141. The van der Waals surface area contributed by atoms with E-state index in [1.54, 1.807) is 55.5 Å². The number of esters is 1. The Morgan fingerprint density at radius 3 is 2.69 bits per heavy atom. The summed E-state index contributed by atoms with van der Waals surface area (Å²) < 4.78 is 10.7. The number of amides is 2. The van der Waals surface area contributed by atoms with Crippen LogP contribution in [0.2, 0.25) is 5.02 Å². The molecule has 0 saturated heterocycles. The number of anilines is 2. The average Bonchev–Trinajstić information content (AvgIpc) is 3.03. The highest BCUT2D eigenvalue weighted by atomic mass is 35.5. The normalized spacial score (nSPS) is 18.8. The molecule has 4 rings (SSSR count). The molecule has 0 fully saturated rings. The van der Waals surface area contributed by atoms with Crippen molar-refractivity contribution >= 4 is 40.8 Å². The second kappa shape index (κ2) is 9.16. The molecule has 0 bridgehead atoms. The number of fused-ring (bicyclic) bond motifs is 2.